The number of carbonyl (C=O) groups excluding carboxylic acids is 2. The molecule has 1 atom stereocenters. The zero-order chi connectivity index (χ0) is 19.4. The predicted octanol–water partition coefficient (Wildman–Crippen LogP) is 2.00. The monoisotopic (exact) mass is 370 g/mol. The van der Waals surface area contributed by atoms with Crippen molar-refractivity contribution in [1.82, 2.24) is 10.6 Å². The van der Waals surface area contributed by atoms with Gasteiger partial charge in [-0.15, -0.1) is 0 Å². The van der Waals surface area contributed by atoms with Gasteiger partial charge in [0.05, 0.1) is 21.3 Å². The maximum atomic E-state index is 12.5. The van der Waals surface area contributed by atoms with E-state index in [4.69, 9.17) is 14.2 Å². The molecule has 0 unspecified atom stereocenters. The second-order valence-electron chi connectivity index (χ2n) is 6.10. The van der Waals surface area contributed by atoms with Gasteiger partial charge in [0, 0.05) is 12.1 Å². The Morgan fingerprint density at radius 2 is 1.74 bits per heavy atom. The van der Waals surface area contributed by atoms with Gasteiger partial charge in [0.15, 0.2) is 11.5 Å². The fourth-order valence-electron chi connectivity index (χ4n) is 3.06. The van der Waals surface area contributed by atoms with Gasteiger partial charge in [-0.2, -0.15) is 0 Å². The lowest BCUT2D eigenvalue weighted by molar-refractivity contribution is -0.120. The van der Waals surface area contributed by atoms with Crippen LogP contribution >= 0.6 is 0 Å². The molecule has 0 radical (unpaired) electrons. The third-order valence-electron chi connectivity index (χ3n) is 4.48. The molecule has 2 amide bonds. The summed E-state index contributed by atoms with van der Waals surface area (Å²) < 4.78 is 16.1. The molecule has 0 bridgehead atoms. The van der Waals surface area contributed by atoms with Crippen LogP contribution in [0.2, 0.25) is 0 Å². The quantitative estimate of drug-likeness (QED) is 0.812. The van der Waals surface area contributed by atoms with Gasteiger partial charge in [-0.05, 0) is 41.8 Å². The minimum Gasteiger partial charge on any atom is -0.493 e. The molecule has 0 aliphatic carbocycles. The van der Waals surface area contributed by atoms with Gasteiger partial charge in [-0.1, -0.05) is 12.1 Å². The van der Waals surface area contributed by atoms with Crippen molar-refractivity contribution in [3.63, 3.8) is 0 Å². The van der Waals surface area contributed by atoms with Crippen LogP contribution in [0.3, 0.4) is 0 Å². The van der Waals surface area contributed by atoms with E-state index in [-0.39, 0.29) is 11.8 Å². The normalized spacial score (nSPS) is 15.8. The maximum Gasteiger partial charge on any atom is 0.251 e. The molecule has 27 heavy (non-hydrogen) atoms. The van der Waals surface area contributed by atoms with Crippen molar-refractivity contribution in [2.75, 3.05) is 27.9 Å². The van der Waals surface area contributed by atoms with Crippen LogP contribution in [0, 0.1) is 0 Å². The van der Waals surface area contributed by atoms with Crippen molar-refractivity contribution in [3.8, 4) is 28.4 Å². The zero-order valence-corrected chi connectivity index (χ0v) is 15.5. The standard InChI is InChI=1S/C20H22N2O5/c1-25-16-10-14(11-17(26-2)18(16)27-3)12-5-4-6-13(9-12)19(23)22-15-7-8-21-20(15)24/h4-6,9-11,15H,7-8H2,1-3H3,(H,21,24)(H,22,23)/t15-/m1/s1. The van der Waals surface area contributed by atoms with E-state index in [1.54, 1.807) is 39.5 Å². The van der Waals surface area contributed by atoms with E-state index < -0.39 is 6.04 Å². The van der Waals surface area contributed by atoms with Crippen LogP contribution in [0.15, 0.2) is 36.4 Å². The Morgan fingerprint density at radius 1 is 1.04 bits per heavy atom. The molecule has 3 rings (SSSR count). The lowest BCUT2D eigenvalue weighted by atomic mass is 10.0. The first-order valence-electron chi connectivity index (χ1n) is 8.56. The Labute approximate surface area is 157 Å². The van der Waals surface area contributed by atoms with Crippen molar-refractivity contribution in [2.45, 2.75) is 12.5 Å². The number of ether oxygens (including phenoxy) is 3. The molecule has 2 aromatic rings. The molecule has 0 aromatic heterocycles. The summed E-state index contributed by atoms with van der Waals surface area (Å²) in [6.07, 6.45) is 0.594. The second kappa shape index (κ2) is 7.99. The van der Waals surface area contributed by atoms with E-state index >= 15 is 0 Å². The number of amides is 2. The van der Waals surface area contributed by atoms with Crippen LogP contribution in [-0.4, -0.2) is 45.7 Å². The number of benzene rings is 2. The molecule has 2 aromatic carbocycles. The Balaban J connectivity index is 1.91. The summed E-state index contributed by atoms with van der Waals surface area (Å²) in [7, 11) is 4.65. The number of carbonyl (C=O) groups is 2. The molecular formula is C20H22N2O5. The summed E-state index contributed by atoms with van der Waals surface area (Å²) in [5.41, 5.74) is 2.11. The predicted molar refractivity (Wildman–Crippen MR) is 100 cm³/mol. The summed E-state index contributed by atoms with van der Waals surface area (Å²) in [6.45, 7) is 0.579. The number of hydrogen-bond donors (Lipinski definition) is 2. The molecular weight excluding hydrogens is 348 g/mol. The highest BCUT2D eigenvalue weighted by Gasteiger charge is 2.26. The zero-order valence-electron chi connectivity index (χ0n) is 15.5. The van der Waals surface area contributed by atoms with Crippen LogP contribution in [-0.2, 0) is 4.79 Å². The number of hydrogen-bond acceptors (Lipinski definition) is 5. The molecule has 7 nitrogen and oxygen atoms in total. The second-order valence-corrected chi connectivity index (χ2v) is 6.10. The summed E-state index contributed by atoms with van der Waals surface area (Å²) >= 11 is 0. The summed E-state index contributed by atoms with van der Waals surface area (Å²) in [4.78, 5) is 24.2. The number of nitrogens with one attached hydrogen (secondary N) is 2. The molecule has 2 N–H and O–H groups in total. The van der Waals surface area contributed by atoms with E-state index in [0.717, 1.165) is 11.1 Å². The van der Waals surface area contributed by atoms with Crippen molar-refractivity contribution in [3.05, 3.63) is 42.0 Å². The van der Waals surface area contributed by atoms with Crippen LogP contribution in [0.4, 0.5) is 0 Å². The first kappa shape index (κ1) is 18.6. The van der Waals surface area contributed by atoms with Crippen LogP contribution in [0.5, 0.6) is 17.2 Å². The van der Waals surface area contributed by atoms with Gasteiger partial charge < -0.3 is 24.8 Å². The van der Waals surface area contributed by atoms with Gasteiger partial charge in [0.2, 0.25) is 11.7 Å². The molecule has 0 saturated carbocycles. The largest absolute Gasteiger partial charge is 0.493 e. The fourth-order valence-corrected chi connectivity index (χ4v) is 3.06. The molecule has 1 aliphatic heterocycles. The third kappa shape index (κ3) is 3.81. The minimum absolute atomic E-state index is 0.149. The highest BCUT2D eigenvalue weighted by atomic mass is 16.5. The van der Waals surface area contributed by atoms with Crippen molar-refractivity contribution in [1.29, 1.82) is 0 Å². The smallest absolute Gasteiger partial charge is 0.251 e. The lowest BCUT2D eigenvalue weighted by Crippen LogP contribution is -2.40. The van der Waals surface area contributed by atoms with E-state index in [0.29, 0.717) is 35.8 Å². The Morgan fingerprint density at radius 3 is 2.30 bits per heavy atom. The Hall–Kier alpha value is -3.22. The van der Waals surface area contributed by atoms with Crippen LogP contribution < -0.4 is 24.8 Å². The summed E-state index contributed by atoms with van der Waals surface area (Å²) in [5.74, 6) is 1.13. The van der Waals surface area contributed by atoms with Gasteiger partial charge in [-0.3, -0.25) is 9.59 Å². The topological polar surface area (TPSA) is 85.9 Å². The summed E-state index contributed by atoms with van der Waals surface area (Å²) in [5, 5.41) is 5.47. The Bertz CT molecular complexity index is 840. The number of methoxy groups -OCH3 is 3. The van der Waals surface area contributed by atoms with E-state index in [1.165, 1.54) is 0 Å². The molecule has 7 heteroatoms. The highest BCUT2D eigenvalue weighted by Crippen LogP contribution is 2.41. The van der Waals surface area contributed by atoms with Gasteiger partial charge >= 0.3 is 0 Å². The van der Waals surface area contributed by atoms with E-state index in [9.17, 15) is 9.59 Å². The third-order valence-corrected chi connectivity index (χ3v) is 4.48. The van der Waals surface area contributed by atoms with Crippen LogP contribution in [0.1, 0.15) is 16.8 Å². The van der Waals surface area contributed by atoms with Gasteiger partial charge in [0.25, 0.3) is 5.91 Å². The molecule has 1 fully saturated rings. The first-order valence-corrected chi connectivity index (χ1v) is 8.56. The molecule has 1 aliphatic rings. The molecule has 0 spiro atoms. The van der Waals surface area contributed by atoms with Crippen molar-refractivity contribution in [2.24, 2.45) is 0 Å². The Kier molecular flexibility index (Phi) is 5.49. The van der Waals surface area contributed by atoms with Gasteiger partial charge in [-0.25, -0.2) is 0 Å². The summed E-state index contributed by atoms with van der Waals surface area (Å²) in [6, 6.07) is 10.3. The number of rotatable bonds is 6. The molecule has 142 valence electrons. The van der Waals surface area contributed by atoms with Crippen molar-refractivity contribution < 1.29 is 23.8 Å². The minimum atomic E-state index is -0.484. The molecule has 1 heterocycles. The first-order chi connectivity index (χ1) is 13.1. The average Bonchev–Trinajstić information content (AvgIpc) is 3.11. The average molecular weight is 370 g/mol. The molecule has 1 saturated heterocycles. The van der Waals surface area contributed by atoms with Crippen molar-refractivity contribution >= 4 is 11.8 Å². The fraction of sp³-hybridized carbons (Fsp3) is 0.300. The lowest BCUT2D eigenvalue weighted by Gasteiger charge is -2.15. The van der Waals surface area contributed by atoms with E-state index in [2.05, 4.69) is 10.6 Å². The van der Waals surface area contributed by atoms with Gasteiger partial charge in [0.1, 0.15) is 6.04 Å². The van der Waals surface area contributed by atoms with Crippen LogP contribution in [0.25, 0.3) is 11.1 Å². The SMILES string of the molecule is COc1cc(-c2cccc(C(=O)N[C@@H]3CCNC3=O)c2)cc(OC)c1OC. The van der Waals surface area contributed by atoms with E-state index in [1.807, 2.05) is 18.2 Å². The highest BCUT2D eigenvalue weighted by molar-refractivity contribution is 5.99. The maximum absolute atomic E-state index is 12.5.